The summed E-state index contributed by atoms with van der Waals surface area (Å²) >= 11 is 5.69. The van der Waals surface area contributed by atoms with Gasteiger partial charge in [0.1, 0.15) is 0 Å². The van der Waals surface area contributed by atoms with E-state index in [1.807, 2.05) is 4.90 Å². The predicted molar refractivity (Wildman–Crippen MR) is 84.6 cm³/mol. The Balaban J connectivity index is 2.23. The molecule has 1 heterocycles. The standard InChI is InChI=1S/C16H22ClF3N2/c1-4-7-22-11(2)9-21(10-12(22)3)13-5-6-15(17)14(8-13)16(18,19)20/h5-6,8,11-12H,4,7,9-10H2,1-3H3. The van der Waals surface area contributed by atoms with E-state index in [0.29, 0.717) is 17.8 Å². The molecule has 1 aromatic carbocycles. The highest BCUT2D eigenvalue weighted by atomic mass is 35.5. The van der Waals surface area contributed by atoms with Crippen molar-refractivity contribution in [3.63, 3.8) is 0 Å². The van der Waals surface area contributed by atoms with E-state index in [1.54, 1.807) is 6.07 Å². The molecular weight excluding hydrogens is 313 g/mol. The maximum atomic E-state index is 13.0. The largest absolute Gasteiger partial charge is 0.417 e. The van der Waals surface area contributed by atoms with Gasteiger partial charge in [0.25, 0.3) is 0 Å². The molecule has 2 unspecified atom stereocenters. The Labute approximate surface area is 134 Å². The third kappa shape index (κ3) is 3.69. The number of benzene rings is 1. The SMILES string of the molecule is CCCN1C(C)CN(c2ccc(Cl)c(C(F)(F)F)c2)CC1C. The van der Waals surface area contributed by atoms with Crippen molar-refractivity contribution in [2.75, 3.05) is 24.5 Å². The highest BCUT2D eigenvalue weighted by Gasteiger charge is 2.35. The number of anilines is 1. The summed E-state index contributed by atoms with van der Waals surface area (Å²) in [6.45, 7) is 8.86. The van der Waals surface area contributed by atoms with Gasteiger partial charge in [-0.05, 0) is 45.0 Å². The monoisotopic (exact) mass is 334 g/mol. The van der Waals surface area contributed by atoms with Crippen LogP contribution in [0.3, 0.4) is 0 Å². The van der Waals surface area contributed by atoms with Crippen molar-refractivity contribution in [3.05, 3.63) is 28.8 Å². The average Bonchev–Trinajstić information content (AvgIpc) is 2.42. The van der Waals surface area contributed by atoms with Gasteiger partial charge >= 0.3 is 6.18 Å². The second kappa shape index (κ2) is 6.67. The zero-order chi connectivity index (χ0) is 16.5. The minimum absolute atomic E-state index is 0.248. The van der Waals surface area contributed by atoms with E-state index in [1.165, 1.54) is 6.07 Å². The van der Waals surface area contributed by atoms with Crippen LogP contribution in [0.15, 0.2) is 18.2 Å². The second-order valence-electron chi connectivity index (χ2n) is 6.00. The van der Waals surface area contributed by atoms with Gasteiger partial charge in [-0.1, -0.05) is 18.5 Å². The molecule has 0 radical (unpaired) electrons. The Kier molecular flexibility index (Phi) is 5.28. The molecule has 6 heteroatoms. The van der Waals surface area contributed by atoms with E-state index in [-0.39, 0.29) is 5.02 Å². The van der Waals surface area contributed by atoms with Crippen LogP contribution in [0, 0.1) is 0 Å². The van der Waals surface area contributed by atoms with Gasteiger partial charge in [0.05, 0.1) is 10.6 Å². The molecule has 0 N–H and O–H groups in total. The molecule has 22 heavy (non-hydrogen) atoms. The number of hydrogen-bond donors (Lipinski definition) is 0. The minimum Gasteiger partial charge on any atom is -0.368 e. The number of rotatable bonds is 3. The maximum Gasteiger partial charge on any atom is 0.417 e. The lowest BCUT2D eigenvalue weighted by Gasteiger charge is -2.45. The lowest BCUT2D eigenvalue weighted by Crippen LogP contribution is -2.56. The van der Waals surface area contributed by atoms with Gasteiger partial charge in [-0.15, -0.1) is 0 Å². The summed E-state index contributed by atoms with van der Waals surface area (Å²) in [6.07, 6.45) is -3.35. The maximum absolute atomic E-state index is 13.0. The first-order chi connectivity index (χ1) is 10.2. The first-order valence-electron chi connectivity index (χ1n) is 7.61. The van der Waals surface area contributed by atoms with E-state index in [4.69, 9.17) is 11.6 Å². The lowest BCUT2D eigenvalue weighted by molar-refractivity contribution is -0.137. The summed E-state index contributed by atoms with van der Waals surface area (Å²) in [5.74, 6) is 0. The van der Waals surface area contributed by atoms with Crippen molar-refractivity contribution in [2.45, 2.75) is 45.5 Å². The van der Waals surface area contributed by atoms with Crippen LogP contribution in [0.25, 0.3) is 0 Å². The zero-order valence-corrected chi connectivity index (χ0v) is 13.9. The molecule has 1 aliphatic rings. The van der Waals surface area contributed by atoms with Crippen LogP contribution in [-0.2, 0) is 6.18 Å². The molecule has 2 atom stereocenters. The number of piperazine rings is 1. The Morgan fingerprint density at radius 3 is 2.27 bits per heavy atom. The van der Waals surface area contributed by atoms with Gasteiger partial charge in [0.15, 0.2) is 0 Å². The van der Waals surface area contributed by atoms with Gasteiger partial charge in [-0.2, -0.15) is 13.2 Å². The number of halogens is 4. The first-order valence-corrected chi connectivity index (χ1v) is 7.99. The van der Waals surface area contributed by atoms with Gasteiger partial charge in [0.2, 0.25) is 0 Å². The molecule has 1 aliphatic heterocycles. The number of nitrogens with zero attached hydrogens (tertiary/aromatic N) is 2. The van der Waals surface area contributed by atoms with Crippen LogP contribution in [-0.4, -0.2) is 36.6 Å². The highest BCUT2D eigenvalue weighted by Crippen LogP contribution is 2.37. The van der Waals surface area contributed by atoms with Crippen molar-refractivity contribution >= 4 is 17.3 Å². The third-order valence-corrected chi connectivity index (χ3v) is 4.53. The van der Waals surface area contributed by atoms with E-state index in [0.717, 1.165) is 32.1 Å². The fourth-order valence-electron chi connectivity index (χ4n) is 3.19. The van der Waals surface area contributed by atoms with Gasteiger partial charge in [0, 0.05) is 30.9 Å². The first kappa shape index (κ1) is 17.4. The molecule has 0 saturated carbocycles. The molecule has 1 saturated heterocycles. The average molecular weight is 335 g/mol. The van der Waals surface area contributed by atoms with Crippen LogP contribution >= 0.6 is 11.6 Å². The lowest BCUT2D eigenvalue weighted by atomic mass is 10.1. The van der Waals surface area contributed by atoms with Crippen molar-refractivity contribution in [3.8, 4) is 0 Å². The molecule has 2 nitrogen and oxygen atoms in total. The summed E-state index contributed by atoms with van der Waals surface area (Å²) in [6, 6.07) is 4.81. The van der Waals surface area contributed by atoms with E-state index < -0.39 is 11.7 Å². The van der Waals surface area contributed by atoms with Crippen LogP contribution in [0.5, 0.6) is 0 Å². The van der Waals surface area contributed by atoms with Crippen LogP contribution in [0.2, 0.25) is 5.02 Å². The summed E-state index contributed by atoms with van der Waals surface area (Å²) in [5, 5.41) is -0.248. The van der Waals surface area contributed by atoms with Crippen molar-refractivity contribution in [1.82, 2.24) is 4.90 Å². The topological polar surface area (TPSA) is 6.48 Å². The molecule has 1 fully saturated rings. The summed E-state index contributed by atoms with van der Waals surface area (Å²) < 4.78 is 39.0. The normalized spacial score (nSPS) is 23.9. The fourth-order valence-corrected chi connectivity index (χ4v) is 3.42. The second-order valence-corrected chi connectivity index (χ2v) is 6.41. The molecule has 0 spiro atoms. The predicted octanol–water partition coefficient (Wildman–Crippen LogP) is 4.67. The van der Waals surface area contributed by atoms with E-state index in [2.05, 4.69) is 25.7 Å². The molecule has 0 amide bonds. The molecule has 0 aromatic heterocycles. The minimum atomic E-state index is -4.42. The van der Waals surface area contributed by atoms with Gasteiger partial charge < -0.3 is 4.90 Å². The van der Waals surface area contributed by atoms with E-state index >= 15 is 0 Å². The van der Waals surface area contributed by atoms with Crippen LogP contribution < -0.4 is 4.90 Å². The van der Waals surface area contributed by atoms with Crippen LogP contribution in [0.1, 0.15) is 32.8 Å². The Bertz CT molecular complexity index is 507. The third-order valence-electron chi connectivity index (χ3n) is 4.20. The summed E-state index contributed by atoms with van der Waals surface area (Å²) in [7, 11) is 0. The number of alkyl halides is 3. The fraction of sp³-hybridized carbons (Fsp3) is 0.625. The summed E-state index contributed by atoms with van der Waals surface area (Å²) in [5.41, 5.74) is -0.172. The van der Waals surface area contributed by atoms with Crippen molar-refractivity contribution in [1.29, 1.82) is 0 Å². The van der Waals surface area contributed by atoms with Gasteiger partial charge in [-0.25, -0.2) is 0 Å². The zero-order valence-electron chi connectivity index (χ0n) is 13.1. The molecule has 124 valence electrons. The molecule has 2 rings (SSSR count). The van der Waals surface area contributed by atoms with Crippen LogP contribution in [0.4, 0.5) is 18.9 Å². The Morgan fingerprint density at radius 1 is 1.18 bits per heavy atom. The molecular formula is C16H22ClF3N2. The molecule has 0 aliphatic carbocycles. The smallest absolute Gasteiger partial charge is 0.368 e. The van der Waals surface area contributed by atoms with Gasteiger partial charge in [-0.3, -0.25) is 4.90 Å². The Hall–Kier alpha value is -0.940. The highest BCUT2D eigenvalue weighted by molar-refractivity contribution is 6.31. The van der Waals surface area contributed by atoms with E-state index in [9.17, 15) is 13.2 Å². The molecule has 0 bridgehead atoms. The Morgan fingerprint density at radius 2 is 1.77 bits per heavy atom. The summed E-state index contributed by atoms with van der Waals surface area (Å²) in [4.78, 5) is 4.43. The molecule has 1 aromatic rings. The van der Waals surface area contributed by atoms with Crippen molar-refractivity contribution < 1.29 is 13.2 Å². The quantitative estimate of drug-likeness (QED) is 0.792. The number of hydrogen-bond acceptors (Lipinski definition) is 2. The van der Waals surface area contributed by atoms with Crippen molar-refractivity contribution in [2.24, 2.45) is 0 Å².